The number of hydrogen-bond donors (Lipinski definition) is 1. The molecule has 1 aliphatic heterocycles. The number of aromatic amines is 1. The number of nitrogens with zero attached hydrogens (tertiary/aromatic N) is 3. The van der Waals surface area contributed by atoms with E-state index in [0.717, 1.165) is 16.8 Å². The number of hydrogen-bond acceptors (Lipinski definition) is 4. The molecule has 0 aliphatic carbocycles. The van der Waals surface area contributed by atoms with Gasteiger partial charge >= 0.3 is 0 Å². The minimum Gasteiger partial charge on any atom is -0.335 e. The molecule has 0 radical (unpaired) electrons. The lowest BCUT2D eigenvalue weighted by molar-refractivity contribution is 0.0692. The van der Waals surface area contributed by atoms with Crippen molar-refractivity contribution in [2.24, 2.45) is 0 Å². The van der Waals surface area contributed by atoms with Gasteiger partial charge in [0.1, 0.15) is 5.69 Å². The number of rotatable bonds is 3. The number of benzene rings is 1. The molecule has 1 saturated heterocycles. The lowest BCUT2D eigenvalue weighted by atomic mass is 10.2. The third-order valence-corrected chi connectivity index (χ3v) is 6.46. The van der Waals surface area contributed by atoms with Crippen LogP contribution in [0.3, 0.4) is 0 Å². The summed E-state index contributed by atoms with van der Waals surface area (Å²) >= 11 is 0. The molecule has 7 nitrogen and oxygen atoms in total. The molecule has 1 N–H and O–H groups in total. The molecule has 0 unspecified atom stereocenters. The summed E-state index contributed by atoms with van der Waals surface area (Å²) in [6.07, 6.45) is 0. The maximum absolute atomic E-state index is 12.9. The molecule has 0 saturated carbocycles. The summed E-state index contributed by atoms with van der Waals surface area (Å²) in [4.78, 5) is 14.4. The summed E-state index contributed by atoms with van der Waals surface area (Å²) in [6.45, 7) is 6.85. The first kappa shape index (κ1) is 17.6. The number of nitrogens with one attached hydrogen (secondary N) is 1. The molecule has 1 aliphatic rings. The summed E-state index contributed by atoms with van der Waals surface area (Å²) in [5, 5.41) is 6.73. The first-order valence-electron chi connectivity index (χ1n) is 8.18. The van der Waals surface area contributed by atoms with Gasteiger partial charge in [0.15, 0.2) is 0 Å². The molecule has 1 amide bonds. The van der Waals surface area contributed by atoms with Gasteiger partial charge in [0.25, 0.3) is 5.91 Å². The zero-order chi connectivity index (χ0) is 18.2. The van der Waals surface area contributed by atoms with Gasteiger partial charge in [0, 0.05) is 31.9 Å². The SMILES string of the molecule is Cc1ccc(S(=O)(=O)N2CCN(C(=O)c3cc(C)[nH]n3)CC2)c(C)c1. The van der Waals surface area contributed by atoms with E-state index < -0.39 is 10.0 Å². The van der Waals surface area contributed by atoms with Crippen molar-refractivity contribution in [3.05, 3.63) is 46.8 Å². The van der Waals surface area contributed by atoms with Gasteiger partial charge in [0.2, 0.25) is 10.0 Å². The smallest absolute Gasteiger partial charge is 0.274 e. The van der Waals surface area contributed by atoms with E-state index in [1.165, 1.54) is 4.31 Å². The van der Waals surface area contributed by atoms with E-state index in [1.807, 2.05) is 19.9 Å². The lowest BCUT2D eigenvalue weighted by Crippen LogP contribution is -2.50. The highest BCUT2D eigenvalue weighted by molar-refractivity contribution is 7.89. The van der Waals surface area contributed by atoms with Gasteiger partial charge in [-0.25, -0.2) is 8.42 Å². The van der Waals surface area contributed by atoms with Crippen LogP contribution in [0.5, 0.6) is 0 Å². The van der Waals surface area contributed by atoms with Gasteiger partial charge < -0.3 is 4.90 Å². The van der Waals surface area contributed by atoms with Gasteiger partial charge in [0.05, 0.1) is 4.90 Å². The maximum Gasteiger partial charge on any atom is 0.274 e. The summed E-state index contributed by atoms with van der Waals surface area (Å²) in [6, 6.07) is 7.03. The number of aryl methyl sites for hydroxylation is 3. The van der Waals surface area contributed by atoms with E-state index in [9.17, 15) is 13.2 Å². The topological polar surface area (TPSA) is 86.4 Å². The summed E-state index contributed by atoms with van der Waals surface area (Å²) in [7, 11) is -3.55. The Bertz CT molecular complexity index is 896. The predicted octanol–water partition coefficient (Wildman–Crippen LogP) is 1.48. The van der Waals surface area contributed by atoms with E-state index in [2.05, 4.69) is 10.2 Å². The van der Waals surface area contributed by atoms with Crippen molar-refractivity contribution in [2.45, 2.75) is 25.7 Å². The normalized spacial score (nSPS) is 16.2. The van der Waals surface area contributed by atoms with Crippen LogP contribution < -0.4 is 0 Å². The number of piperazine rings is 1. The summed E-state index contributed by atoms with van der Waals surface area (Å²) < 4.78 is 27.2. The van der Waals surface area contributed by atoms with Crippen LogP contribution in [0, 0.1) is 20.8 Å². The second-order valence-electron chi connectivity index (χ2n) is 6.40. The number of H-pyrrole nitrogens is 1. The molecule has 0 bridgehead atoms. The fraction of sp³-hybridized carbons (Fsp3) is 0.412. The van der Waals surface area contributed by atoms with Crippen molar-refractivity contribution in [3.8, 4) is 0 Å². The Kier molecular flexibility index (Phi) is 4.66. The van der Waals surface area contributed by atoms with Crippen LogP contribution in [-0.2, 0) is 10.0 Å². The van der Waals surface area contributed by atoms with Crippen LogP contribution in [0.15, 0.2) is 29.2 Å². The van der Waals surface area contributed by atoms with Crippen LogP contribution in [-0.4, -0.2) is 59.9 Å². The minimum absolute atomic E-state index is 0.173. The van der Waals surface area contributed by atoms with Gasteiger partial charge in [-0.15, -0.1) is 0 Å². The van der Waals surface area contributed by atoms with Gasteiger partial charge in [-0.3, -0.25) is 9.89 Å². The maximum atomic E-state index is 12.9. The number of sulfonamides is 1. The third-order valence-electron chi connectivity index (χ3n) is 4.40. The summed E-state index contributed by atoms with van der Waals surface area (Å²) in [5.41, 5.74) is 2.95. The van der Waals surface area contributed by atoms with Crippen LogP contribution in [0.2, 0.25) is 0 Å². The van der Waals surface area contributed by atoms with Crippen LogP contribution in [0.25, 0.3) is 0 Å². The van der Waals surface area contributed by atoms with Crippen molar-refractivity contribution < 1.29 is 13.2 Å². The van der Waals surface area contributed by atoms with Crippen molar-refractivity contribution in [2.75, 3.05) is 26.2 Å². The van der Waals surface area contributed by atoms with E-state index in [-0.39, 0.29) is 19.0 Å². The molecule has 0 spiro atoms. The highest BCUT2D eigenvalue weighted by atomic mass is 32.2. The third kappa shape index (κ3) is 3.45. The van der Waals surface area contributed by atoms with Crippen LogP contribution in [0.4, 0.5) is 0 Å². The van der Waals surface area contributed by atoms with Crippen molar-refractivity contribution in [1.82, 2.24) is 19.4 Å². The Morgan fingerprint density at radius 3 is 2.32 bits per heavy atom. The monoisotopic (exact) mass is 362 g/mol. The van der Waals surface area contributed by atoms with E-state index in [4.69, 9.17) is 0 Å². The fourth-order valence-electron chi connectivity index (χ4n) is 3.05. The second kappa shape index (κ2) is 6.61. The van der Waals surface area contributed by atoms with E-state index >= 15 is 0 Å². The Balaban J connectivity index is 1.72. The molecule has 2 heterocycles. The molecule has 1 aromatic carbocycles. The Hall–Kier alpha value is -2.19. The number of carbonyl (C=O) groups excluding carboxylic acids is 1. The van der Waals surface area contributed by atoms with Gasteiger partial charge in [-0.2, -0.15) is 9.40 Å². The first-order valence-corrected chi connectivity index (χ1v) is 9.62. The minimum atomic E-state index is -3.55. The van der Waals surface area contributed by atoms with Crippen LogP contribution >= 0.6 is 0 Å². The molecule has 1 fully saturated rings. The molecular weight excluding hydrogens is 340 g/mol. The molecule has 1 aromatic heterocycles. The Morgan fingerprint density at radius 2 is 1.76 bits per heavy atom. The number of amides is 1. The van der Waals surface area contributed by atoms with E-state index in [0.29, 0.717) is 23.7 Å². The largest absolute Gasteiger partial charge is 0.335 e. The lowest BCUT2D eigenvalue weighted by Gasteiger charge is -2.33. The molecule has 134 valence electrons. The summed E-state index contributed by atoms with van der Waals surface area (Å²) in [5.74, 6) is -0.173. The highest BCUT2D eigenvalue weighted by Gasteiger charge is 2.31. The van der Waals surface area contributed by atoms with Crippen LogP contribution in [0.1, 0.15) is 27.3 Å². The Morgan fingerprint density at radius 1 is 1.08 bits per heavy atom. The molecule has 0 atom stereocenters. The average molecular weight is 362 g/mol. The average Bonchev–Trinajstić information content (AvgIpc) is 3.00. The van der Waals surface area contributed by atoms with Gasteiger partial charge in [-0.1, -0.05) is 17.7 Å². The molecule has 3 rings (SSSR count). The number of carbonyl (C=O) groups is 1. The first-order chi connectivity index (χ1) is 11.8. The quantitative estimate of drug-likeness (QED) is 0.896. The standard InChI is InChI=1S/C17H22N4O3S/c1-12-4-5-16(13(2)10-12)25(23,24)21-8-6-20(7-9-21)17(22)15-11-14(3)18-19-15/h4-5,10-11H,6-9H2,1-3H3,(H,18,19). The van der Waals surface area contributed by atoms with Crippen molar-refractivity contribution >= 4 is 15.9 Å². The molecular formula is C17H22N4O3S. The van der Waals surface area contributed by atoms with E-state index in [1.54, 1.807) is 30.0 Å². The molecule has 8 heteroatoms. The highest BCUT2D eigenvalue weighted by Crippen LogP contribution is 2.22. The zero-order valence-corrected chi connectivity index (χ0v) is 15.4. The fourth-order valence-corrected chi connectivity index (χ4v) is 4.68. The predicted molar refractivity (Wildman–Crippen MR) is 93.9 cm³/mol. The zero-order valence-electron chi connectivity index (χ0n) is 14.6. The Labute approximate surface area is 147 Å². The molecule has 2 aromatic rings. The second-order valence-corrected chi connectivity index (χ2v) is 8.31. The number of aromatic nitrogens is 2. The van der Waals surface area contributed by atoms with Crippen molar-refractivity contribution in [3.63, 3.8) is 0 Å². The van der Waals surface area contributed by atoms with Gasteiger partial charge in [-0.05, 0) is 38.5 Å². The molecule has 25 heavy (non-hydrogen) atoms. The van der Waals surface area contributed by atoms with Crippen molar-refractivity contribution in [1.29, 1.82) is 0 Å².